The van der Waals surface area contributed by atoms with Crippen LogP contribution in [-0.2, 0) is 23.6 Å². The molecule has 1 unspecified atom stereocenters. The molecule has 0 N–H and O–H groups in total. The molecule has 64 valence electrons. The zero-order valence-electron chi connectivity index (χ0n) is 6.91. The Balaban J connectivity index is 2.45. The summed E-state index contributed by atoms with van der Waals surface area (Å²) in [6.07, 6.45) is 6.67. The summed E-state index contributed by atoms with van der Waals surface area (Å²) in [6, 6.07) is 0. The van der Waals surface area contributed by atoms with Gasteiger partial charge in [-0.1, -0.05) is 0 Å². The van der Waals surface area contributed by atoms with Crippen LogP contribution in [0.1, 0.15) is 17.7 Å². The van der Waals surface area contributed by atoms with Gasteiger partial charge in [-0.3, -0.25) is 4.21 Å². The molecule has 0 aliphatic heterocycles. The van der Waals surface area contributed by atoms with Crippen LogP contribution in [0.3, 0.4) is 0 Å². The Labute approximate surface area is 73.7 Å². The molecule has 0 aromatic carbocycles. The van der Waals surface area contributed by atoms with Crippen LogP contribution in [0.5, 0.6) is 0 Å². The monoisotopic (exact) mass is 182 g/mol. The van der Waals surface area contributed by atoms with Crippen molar-refractivity contribution in [1.82, 2.24) is 9.97 Å². The third-order valence-electron chi connectivity index (χ3n) is 2.05. The minimum Gasteiger partial charge on any atom is -0.251 e. The van der Waals surface area contributed by atoms with E-state index in [2.05, 4.69) is 9.97 Å². The number of fused-ring (bicyclic) bond motifs is 1. The molecule has 0 bridgehead atoms. The molecule has 1 aliphatic rings. The van der Waals surface area contributed by atoms with Crippen LogP contribution in [0.2, 0.25) is 0 Å². The fourth-order valence-corrected chi connectivity index (χ4v) is 1.87. The molecule has 2 rings (SSSR count). The maximum absolute atomic E-state index is 11.0. The van der Waals surface area contributed by atoms with Gasteiger partial charge >= 0.3 is 0 Å². The highest BCUT2D eigenvalue weighted by Gasteiger charge is 2.14. The summed E-state index contributed by atoms with van der Waals surface area (Å²) in [4.78, 5) is 8.28. The molecule has 1 aliphatic carbocycles. The van der Waals surface area contributed by atoms with Gasteiger partial charge in [0.25, 0.3) is 0 Å². The number of hydrogen-bond donors (Lipinski definition) is 0. The van der Waals surface area contributed by atoms with Crippen molar-refractivity contribution >= 4 is 10.8 Å². The molecule has 4 heteroatoms. The number of nitrogens with zero attached hydrogens (tertiary/aromatic N) is 2. The van der Waals surface area contributed by atoms with Gasteiger partial charge in [-0.2, -0.15) is 0 Å². The van der Waals surface area contributed by atoms with Crippen molar-refractivity contribution < 1.29 is 4.21 Å². The van der Waals surface area contributed by atoms with E-state index in [9.17, 15) is 4.21 Å². The normalized spacial score (nSPS) is 17.4. The number of hydrogen-bond acceptors (Lipinski definition) is 3. The highest BCUT2D eigenvalue weighted by molar-refractivity contribution is 7.84. The van der Waals surface area contributed by atoms with Crippen LogP contribution in [-0.4, -0.2) is 20.4 Å². The van der Waals surface area contributed by atoms with Gasteiger partial charge in [0, 0.05) is 18.1 Å². The SMILES string of the molecule is CS(=O)c1ncc2c(n1)CCC2. The first-order valence-electron chi connectivity index (χ1n) is 3.95. The Morgan fingerprint density at radius 3 is 3.08 bits per heavy atom. The van der Waals surface area contributed by atoms with Gasteiger partial charge < -0.3 is 0 Å². The van der Waals surface area contributed by atoms with Crippen molar-refractivity contribution in [3.63, 3.8) is 0 Å². The van der Waals surface area contributed by atoms with Gasteiger partial charge in [-0.05, 0) is 24.8 Å². The van der Waals surface area contributed by atoms with Crippen molar-refractivity contribution in [3.8, 4) is 0 Å². The van der Waals surface area contributed by atoms with Crippen molar-refractivity contribution in [1.29, 1.82) is 0 Å². The van der Waals surface area contributed by atoms with E-state index in [4.69, 9.17) is 0 Å². The van der Waals surface area contributed by atoms with Crippen LogP contribution in [0.4, 0.5) is 0 Å². The first-order chi connectivity index (χ1) is 5.77. The molecule has 1 aromatic rings. The maximum Gasteiger partial charge on any atom is 0.218 e. The number of aryl methyl sites for hydroxylation is 2. The lowest BCUT2D eigenvalue weighted by molar-refractivity contribution is 0.678. The Morgan fingerprint density at radius 1 is 1.50 bits per heavy atom. The van der Waals surface area contributed by atoms with Gasteiger partial charge in [-0.25, -0.2) is 9.97 Å². The van der Waals surface area contributed by atoms with Crippen LogP contribution in [0.25, 0.3) is 0 Å². The Hall–Kier alpha value is -0.770. The van der Waals surface area contributed by atoms with Gasteiger partial charge in [0.15, 0.2) is 0 Å². The molecule has 0 radical (unpaired) electrons. The van der Waals surface area contributed by atoms with E-state index in [0.29, 0.717) is 5.16 Å². The van der Waals surface area contributed by atoms with Gasteiger partial charge in [0.05, 0.1) is 10.8 Å². The fourth-order valence-electron chi connectivity index (χ4n) is 1.43. The molecule has 3 nitrogen and oxygen atoms in total. The maximum atomic E-state index is 11.0. The Morgan fingerprint density at radius 2 is 2.33 bits per heavy atom. The summed E-state index contributed by atoms with van der Waals surface area (Å²) < 4.78 is 11.0. The van der Waals surface area contributed by atoms with Crippen LogP contribution >= 0.6 is 0 Å². The molecular formula is C8H10N2OS. The molecule has 0 fully saturated rings. The molecule has 1 heterocycles. The van der Waals surface area contributed by atoms with Gasteiger partial charge in [0.1, 0.15) is 0 Å². The summed E-state index contributed by atoms with van der Waals surface area (Å²) in [6.45, 7) is 0. The first-order valence-corrected chi connectivity index (χ1v) is 5.51. The highest BCUT2D eigenvalue weighted by Crippen LogP contribution is 2.18. The second-order valence-corrected chi connectivity index (χ2v) is 4.21. The second kappa shape index (κ2) is 2.94. The average molecular weight is 182 g/mol. The molecule has 1 atom stereocenters. The van der Waals surface area contributed by atoms with E-state index >= 15 is 0 Å². The van der Waals surface area contributed by atoms with Crippen molar-refractivity contribution in [2.45, 2.75) is 24.4 Å². The van der Waals surface area contributed by atoms with E-state index in [-0.39, 0.29) is 0 Å². The van der Waals surface area contributed by atoms with E-state index in [0.717, 1.165) is 25.0 Å². The first kappa shape index (κ1) is 7.86. The third kappa shape index (κ3) is 1.27. The van der Waals surface area contributed by atoms with Crippen LogP contribution in [0.15, 0.2) is 11.4 Å². The van der Waals surface area contributed by atoms with Crippen LogP contribution in [0, 0.1) is 0 Å². The Kier molecular flexibility index (Phi) is 1.92. The third-order valence-corrected chi connectivity index (χ3v) is 2.76. The lowest BCUT2D eigenvalue weighted by Gasteiger charge is -1.98. The van der Waals surface area contributed by atoms with Crippen molar-refractivity contribution in [2.24, 2.45) is 0 Å². The van der Waals surface area contributed by atoms with E-state index < -0.39 is 10.8 Å². The zero-order valence-corrected chi connectivity index (χ0v) is 7.73. The molecule has 0 saturated heterocycles. The molecule has 0 amide bonds. The molecule has 0 saturated carbocycles. The summed E-state index contributed by atoms with van der Waals surface area (Å²) in [5.41, 5.74) is 2.32. The fraction of sp³-hybridized carbons (Fsp3) is 0.500. The highest BCUT2D eigenvalue weighted by atomic mass is 32.2. The standard InChI is InChI=1S/C8H10N2OS/c1-12(11)8-9-5-6-3-2-4-7(6)10-8/h5H,2-4H2,1H3. The van der Waals surface area contributed by atoms with E-state index in [1.165, 1.54) is 5.56 Å². The molecular weight excluding hydrogens is 172 g/mol. The molecule has 1 aromatic heterocycles. The largest absolute Gasteiger partial charge is 0.251 e. The van der Waals surface area contributed by atoms with Crippen molar-refractivity contribution in [3.05, 3.63) is 17.5 Å². The predicted molar refractivity (Wildman–Crippen MR) is 46.4 cm³/mol. The molecule has 12 heavy (non-hydrogen) atoms. The topological polar surface area (TPSA) is 42.9 Å². The second-order valence-electron chi connectivity index (χ2n) is 2.93. The van der Waals surface area contributed by atoms with Crippen LogP contribution < -0.4 is 0 Å². The average Bonchev–Trinajstić information content (AvgIpc) is 2.49. The minimum atomic E-state index is -1.04. The quantitative estimate of drug-likeness (QED) is 0.600. The lowest BCUT2D eigenvalue weighted by atomic mass is 10.3. The smallest absolute Gasteiger partial charge is 0.218 e. The van der Waals surface area contributed by atoms with E-state index in [1.807, 2.05) is 6.20 Å². The lowest BCUT2D eigenvalue weighted by Crippen LogP contribution is -2.00. The number of rotatable bonds is 1. The summed E-state index contributed by atoms with van der Waals surface area (Å²) in [5.74, 6) is 0. The summed E-state index contributed by atoms with van der Waals surface area (Å²) in [5, 5.41) is 0.468. The van der Waals surface area contributed by atoms with E-state index in [1.54, 1.807) is 6.26 Å². The number of aromatic nitrogens is 2. The van der Waals surface area contributed by atoms with Crippen molar-refractivity contribution in [2.75, 3.05) is 6.26 Å². The summed E-state index contributed by atoms with van der Waals surface area (Å²) in [7, 11) is -1.04. The molecule has 0 spiro atoms. The van der Waals surface area contributed by atoms with Gasteiger partial charge in [-0.15, -0.1) is 0 Å². The van der Waals surface area contributed by atoms with Gasteiger partial charge in [0.2, 0.25) is 5.16 Å². The summed E-state index contributed by atoms with van der Waals surface area (Å²) >= 11 is 0. The predicted octanol–water partition coefficient (Wildman–Crippen LogP) is 0.703. The minimum absolute atomic E-state index is 0.468. The Bertz CT molecular complexity index is 338. The zero-order chi connectivity index (χ0) is 8.55.